The highest BCUT2D eigenvalue weighted by Crippen LogP contribution is 2.41. The summed E-state index contributed by atoms with van der Waals surface area (Å²) in [6, 6.07) is 12.1. The molecule has 26 heavy (non-hydrogen) atoms. The first-order valence-corrected chi connectivity index (χ1v) is 9.25. The lowest BCUT2D eigenvalue weighted by Crippen LogP contribution is -2.28. The minimum absolute atomic E-state index is 0.104. The topological polar surface area (TPSA) is 38.8 Å². The highest BCUT2D eigenvalue weighted by molar-refractivity contribution is 7.99. The van der Waals surface area contributed by atoms with Crippen molar-refractivity contribution in [1.29, 1.82) is 0 Å². The molecule has 0 radical (unpaired) electrons. The Kier molecular flexibility index (Phi) is 5.83. The monoisotopic (exact) mass is 373 g/mol. The van der Waals surface area contributed by atoms with E-state index >= 15 is 0 Å². The molecule has 0 spiro atoms. The van der Waals surface area contributed by atoms with Crippen LogP contribution in [0.25, 0.3) is 6.08 Å². The molecule has 6 heteroatoms. The number of rotatable bonds is 5. The van der Waals surface area contributed by atoms with E-state index in [1.54, 1.807) is 49.1 Å². The lowest BCUT2D eigenvalue weighted by molar-refractivity contribution is -0.126. The summed E-state index contributed by atoms with van der Waals surface area (Å²) in [7, 11) is 3.18. The van der Waals surface area contributed by atoms with Crippen LogP contribution in [-0.4, -0.2) is 37.3 Å². The molecule has 1 unspecified atom stereocenters. The van der Waals surface area contributed by atoms with Crippen molar-refractivity contribution in [2.75, 3.05) is 26.5 Å². The molecule has 1 fully saturated rings. The third kappa shape index (κ3) is 3.85. The van der Waals surface area contributed by atoms with Crippen LogP contribution >= 0.6 is 11.8 Å². The van der Waals surface area contributed by atoms with Gasteiger partial charge >= 0.3 is 0 Å². The van der Waals surface area contributed by atoms with E-state index in [-0.39, 0.29) is 17.1 Å². The standard InChI is InChI=1S/C20H20FNO3S/c1-24-17-9-7-15(13-18(17)25-2)20-22(11-12-26-20)19(23)10-8-14-5-3-4-6-16(14)21/h3-10,13,20H,11-12H2,1-2H3/b10-8+. The number of hydrogen-bond acceptors (Lipinski definition) is 4. The van der Waals surface area contributed by atoms with Crippen LogP contribution < -0.4 is 9.47 Å². The number of methoxy groups -OCH3 is 2. The van der Waals surface area contributed by atoms with Crippen molar-refractivity contribution in [3.8, 4) is 11.5 Å². The van der Waals surface area contributed by atoms with E-state index in [1.807, 2.05) is 18.2 Å². The minimum atomic E-state index is -0.344. The molecule has 1 aliphatic rings. The smallest absolute Gasteiger partial charge is 0.247 e. The fourth-order valence-corrected chi connectivity index (χ4v) is 4.10. The summed E-state index contributed by atoms with van der Waals surface area (Å²) >= 11 is 1.69. The molecule has 1 amide bonds. The Morgan fingerprint density at radius 1 is 1.19 bits per heavy atom. The van der Waals surface area contributed by atoms with Crippen molar-refractivity contribution in [2.45, 2.75) is 5.37 Å². The third-order valence-corrected chi connectivity index (χ3v) is 5.44. The predicted molar refractivity (Wildman–Crippen MR) is 102 cm³/mol. The molecule has 2 aromatic carbocycles. The van der Waals surface area contributed by atoms with Gasteiger partial charge in [0.05, 0.1) is 14.2 Å². The molecule has 1 heterocycles. The fraction of sp³-hybridized carbons (Fsp3) is 0.250. The average molecular weight is 373 g/mol. The molecule has 4 nitrogen and oxygen atoms in total. The van der Waals surface area contributed by atoms with Crippen LogP contribution in [0.5, 0.6) is 11.5 Å². The van der Waals surface area contributed by atoms with Crippen molar-refractivity contribution >= 4 is 23.7 Å². The van der Waals surface area contributed by atoms with Gasteiger partial charge in [-0.1, -0.05) is 24.3 Å². The van der Waals surface area contributed by atoms with Gasteiger partial charge in [0.25, 0.3) is 0 Å². The number of halogens is 1. The van der Waals surface area contributed by atoms with Crippen LogP contribution in [0.2, 0.25) is 0 Å². The van der Waals surface area contributed by atoms with Gasteiger partial charge in [0.1, 0.15) is 11.2 Å². The van der Waals surface area contributed by atoms with Gasteiger partial charge in [-0.2, -0.15) is 0 Å². The molecular weight excluding hydrogens is 353 g/mol. The van der Waals surface area contributed by atoms with Gasteiger partial charge in [-0.05, 0) is 29.8 Å². The summed E-state index contributed by atoms with van der Waals surface area (Å²) < 4.78 is 24.3. The van der Waals surface area contributed by atoms with Crippen molar-refractivity contribution < 1.29 is 18.7 Å². The van der Waals surface area contributed by atoms with Gasteiger partial charge in [0.2, 0.25) is 5.91 Å². The van der Waals surface area contributed by atoms with E-state index in [4.69, 9.17) is 9.47 Å². The van der Waals surface area contributed by atoms with Crippen LogP contribution in [-0.2, 0) is 4.79 Å². The number of carbonyl (C=O) groups excluding carboxylic acids is 1. The molecule has 0 saturated carbocycles. The summed E-state index contributed by atoms with van der Waals surface area (Å²) in [5.41, 5.74) is 1.37. The van der Waals surface area contributed by atoms with Crippen LogP contribution in [0.15, 0.2) is 48.5 Å². The van der Waals surface area contributed by atoms with E-state index in [1.165, 1.54) is 18.2 Å². The summed E-state index contributed by atoms with van der Waals surface area (Å²) in [6.45, 7) is 0.643. The van der Waals surface area contributed by atoms with Gasteiger partial charge in [-0.25, -0.2) is 4.39 Å². The molecule has 0 aliphatic carbocycles. The maximum absolute atomic E-state index is 13.7. The van der Waals surface area contributed by atoms with Crippen molar-refractivity contribution in [3.63, 3.8) is 0 Å². The highest BCUT2D eigenvalue weighted by atomic mass is 32.2. The zero-order valence-electron chi connectivity index (χ0n) is 14.6. The Morgan fingerprint density at radius 2 is 1.96 bits per heavy atom. The van der Waals surface area contributed by atoms with Gasteiger partial charge in [-0.3, -0.25) is 4.79 Å². The lowest BCUT2D eigenvalue weighted by atomic mass is 10.1. The van der Waals surface area contributed by atoms with Crippen LogP contribution in [0.1, 0.15) is 16.5 Å². The Balaban J connectivity index is 1.80. The molecular formula is C20H20FNO3S. The van der Waals surface area contributed by atoms with Crippen LogP contribution in [0, 0.1) is 5.82 Å². The van der Waals surface area contributed by atoms with E-state index in [0.717, 1.165) is 11.3 Å². The van der Waals surface area contributed by atoms with Crippen LogP contribution in [0.4, 0.5) is 4.39 Å². The summed E-state index contributed by atoms with van der Waals surface area (Å²) in [4.78, 5) is 14.4. The minimum Gasteiger partial charge on any atom is -0.493 e. The first-order chi connectivity index (χ1) is 12.6. The van der Waals surface area contributed by atoms with E-state index in [2.05, 4.69) is 0 Å². The second-order valence-electron chi connectivity index (χ2n) is 5.72. The number of thioether (sulfide) groups is 1. The Labute approximate surface area is 156 Å². The normalized spacial score (nSPS) is 16.9. The molecule has 3 rings (SSSR count). The second-order valence-corrected chi connectivity index (χ2v) is 6.91. The Bertz CT molecular complexity index is 824. The summed E-state index contributed by atoms with van der Waals surface area (Å²) in [6.07, 6.45) is 2.95. The number of carbonyl (C=O) groups is 1. The second kappa shape index (κ2) is 8.27. The third-order valence-electron chi connectivity index (χ3n) is 4.18. The van der Waals surface area contributed by atoms with E-state index < -0.39 is 0 Å². The first-order valence-electron chi connectivity index (χ1n) is 8.21. The zero-order chi connectivity index (χ0) is 18.5. The quantitative estimate of drug-likeness (QED) is 0.739. The van der Waals surface area contributed by atoms with Gasteiger partial charge < -0.3 is 14.4 Å². The largest absolute Gasteiger partial charge is 0.493 e. The number of nitrogens with zero attached hydrogens (tertiary/aromatic N) is 1. The van der Waals surface area contributed by atoms with Gasteiger partial charge in [0, 0.05) is 23.9 Å². The Hall–Kier alpha value is -2.47. The lowest BCUT2D eigenvalue weighted by Gasteiger charge is -2.23. The average Bonchev–Trinajstić information content (AvgIpc) is 3.16. The molecule has 1 atom stereocenters. The molecule has 0 bridgehead atoms. The molecule has 1 aliphatic heterocycles. The zero-order valence-corrected chi connectivity index (χ0v) is 15.5. The summed E-state index contributed by atoms with van der Waals surface area (Å²) in [5, 5.41) is -0.104. The first kappa shape index (κ1) is 18.3. The maximum Gasteiger partial charge on any atom is 0.247 e. The molecule has 0 N–H and O–H groups in total. The molecule has 0 aromatic heterocycles. The highest BCUT2D eigenvalue weighted by Gasteiger charge is 2.30. The fourth-order valence-electron chi connectivity index (χ4n) is 2.85. The van der Waals surface area contributed by atoms with E-state index in [9.17, 15) is 9.18 Å². The maximum atomic E-state index is 13.7. The number of hydrogen-bond donors (Lipinski definition) is 0. The van der Waals surface area contributed by atoms with Crippen molar-refractivity contribution in [3.05, 3.63) is 65.5 Å². The molecule has 136 valence electrons. The van der Waals surface area contributed by atoms with E-state index in [0.29, 0.717) is 23.6 Å². The molecule has 2 aromatic rings. The number of ether oxygens (including phenoxy) is 2. The van der Waals surface area contributed by atoms with Crippen molar-refractivity contribution in [2.24, 2.45) is 0 Å². The Morgan fingerprint density at radius 3 is 2.69 bits per heavy atom. The SMILES string of the molecule is COc1ccc(C2SCCN2C(=O)/C=C/c2ccccc2F)cc1OC. The predicted octanol–water partition coefficient (Wildman–Crippen LogP) is 4.13. The van der Waals surface area contributed by atoms with Crippen LogP contribution in [0.3, 0.4) is 0 Å². The summed E-state index contributed by atoms with van der Waals surface area (Å²) in [5.74, 6) is 1.64. The van der Waals surface area contributed by atoms with Crippen molar-refractivity contribution in [1.82, 2.24) is 4.90 Å². The molecule has 1 saturated heterocycles. The number of amides is 1. The van der Waals surface area contributed by atoms with Gasteiger partial charge in [-0.15, -0.1) is 11.8 Å². The van der Waals surface area contributed by atoms with Gasteiger partial charge in [0.15, 0.2) is 11.5 Å². The number of benzene rings is 2.